The van der Waals surface area contributed by atoms with Crippen molar-refractivity contribution in [2.75, 3.05) is 12.4 Å². The molecule has 1 amide bonds. The monoisotopic (exact) mass is 513 g/mol. The Hall–Kier alpha value is -3.91. The molecule has 0 atom stereocenters. The van der Waals surface area contributed by atoms with Gasteiger partial charge in [-0.15, -0.1) is 10.2 Å². The first-order valence-corrected chi connectivity index (χ1v) is 13.1. The highest BCUT2D eigenvalue weighted by Crippen LogP contribution is 2.30. The van der Waals surface area contributed by atoms with Crippen molar-refractivity contribution in [2.24, 2.45) is 5.10 Å². The van der Waals surface area contributed by atoms with Crippen LogP contribution in [0.5, 0.6) is 5.75 Å². The number of hydrogen-bond donors (Lipinski definition) is 1. The zero-order valence-electron chi connectivity index (χ0n) is 21.5. The van der Waals surface area contributed by atoms with Gasteiger partial charge in [-0.05, 0) is 42.2 Å². The summed E-state index contributed by atoms with van der Waals surface area (Å²) in [4.78, 5) is 12.5. The van der Waals surface area contributed by atoms with Crippen LogP contribution in [0.25, 0.3) is 17.1 Å². The van der Waals surface area contributed by atoms with Gasteiger partial charge < -0.3 is 4.74 Å². The highest BCUT2D eigenvalue weighted by molar-refractivity contribution is 7.99. The van der Waals surface area contributed by atoms with Gasteiger partial charge in [0.15, 0.2) is 11.0 Å². The van der Waals surface area contributed by atoms with Crippen molar-refractivity contribution in [3.05, 3.63) is 90.0 Å². The van der Waals surface area contributed by atoms with Gasteiger partial charge in [0.2, 0.25) is 0 Å². The van der Waals surface area contributed by atoms with E-state index in [1.54, 1.807) is 6.21 Å². The fourth-order valence-corrected chi connectivity index (χ4v) is 4.43. The highest BCUT2D eigenvalue weighted by atomic mass is 32.2. The number of thioether (sulfide) groups is 1. The van der Waals surface area contributed by atoms with Gasteiger partial charge in [0.1, 0.15) is 5.75 Å². The molecule has 0 aliphatic heterocycles. The van der Waals surface area contributed by atoms with Crippen LogP contribution in [-0.4, -0.2) is 39.2 Å². The standard InChI is InChI=1S/C29H31N5O2S/c1-5-36-25-14-10-9-11-22(25)19-30-31-26(35)20-37-28-33-32-27(34(28)24-12-7-6-8-13-24)21-15-17-23(18-16-21)29(2,3)4/h6-19H,5,20H2,1-4H3,(H,31,35)/b30-19-. The van der Waals surface area contributed by atoms with Gasteiger partial charge in [-0.3, -0.25) is 9.36 Å². The minimum atomic E-state index is -0.242. The van der Waals surface area contributed by atoms with E-state index >= 15 is 0 Å². The van der Waals surface area contributed by atoms with E-state index < -0.39 is 0 Å². The number of rotatable bonds is 9. The number of aromatic nitrogens is 3. The van der Waals surface area contributed by atoms with E-state index in [1.165, 1.54) is 17.3 Å². The third-order valence-electron chi connectivity index (χ3n) is 5.60. The second-order valence-electron chi connectivity index (χ2n) is 9.36. The van der Waals surface area contributed by atoms with E-state index in [9.17, 15) is 4.79 Å². The summed E-state index contributed by atoms with van der Waals surface area (Å²) in [6.45, 7) is 9.05. The highest BCUT2D eigenvalue weighted by Gasteiger charge is 2.19. The minimum Gasteiger partial charge on any atom is -0.493 e. The lowest BCUT2D eigenvalue weighted by atomic mass is 9.87. The normalized spacial score (nSPS) is 11.6. The van der Waals surface area contributed by atoms with Crippen LogP contribution in [0.15, 0.2) is 89.1 Å². The molecule has 0 spiro atoms. The predicted molar refractivity (Wildman–Crippen MR) is 150 cm³/mol. The zero-order valence-corrected chi connectivity index (χ0v) is 22.3. The predicted octanol–water partition coefficient (Wildman–Crippen LogP) is 5.87. The number of para-hydroxylation sites is 2. The average Bonchev–Trinajstić information content (AvgIpc) is 3.33. The fourth-order valence-electron chi connectivity index (χ4n) is 3.69. The molecular formula is C29H31N5O2S. The summed E-state index contributed by atoms with van der Waals surface area (Å²) in [5, 5.41) is 13.6. The van der Waals surface area contributed by atoms with Crippen molar-refractivity contribution < 1.29 is 9.53 Å². The van der Waals surface area contributed by atoms with E-state index in [-0.39, 0.29) is 17.1 Å². The fraction of sp³-hybridized carbons (Fsp3) is 0.241. The van der Waals surface area contributed by atoms with Crippen LogP contribution < -0.4 is 10.2 Å². The van der Waals surface area contributed by atoms with Gasteiger partial charge >= 0.3 is 0 Å². The van der Waals surface area contributed by atoms with Crippen molar-refractivity contribution >= 4 is 23.9 Å². The molecule has 1 heterocycles. The lowest BCUT2D eigenvalue weighted by Gasteiger charge is -2.19. The van der Waals surface area contributed by atoms with Gasteiger partial charge in [0, 0.05) is 16.8 Å². The van der Waals surface area contributed by atoms with Gasteiger partial charge in [0.05, 0.1) is 18.6 Å². The lowest BCUT2D eigenvalue weighted by Crippen LogP contribution is -2.20. The SMILES string of the molecule is CCOc1ccccc1/C=N\NC(=O)CSc1nnc(-c2ccc(C(C)(C)C)cc2)n1-c1ccccc1. The van der Waals surface area contributed by atoms with Crippen LogP contribution in [0.3, 0.4) is 0 Å². The van der Waals surface area contributed by atoms with Crippen molar-refractivity contribution in [2.45, 2.75) is 38.3 Å². The summed E-state index contributed by atoms with van der Waals surface area (Å²) in [6, 6.07) is 25.8. The zero-order chi connectivity index (χ0) is 26.3. The Kier molecular flexibility index (Phi) is 8.40. The molecule has 0 fully saturated rings. The molecule has 0 saturated heterocycles. The van der Waals surface area contributed by atoms with E-state index in [0.717, 1.165) is 28.4 Å². The molecule has 1 aromatic heterocycles. The molecule has 37 heavy (non-hydrogen) atoms. The quantitative estimate of drug-likeness (QED) is 0.172. The molecule has 0 radical (unpaired) electrons. The lowest BCUT2D eigenvalue weighted by molar-refractivity contribution is -0.118. The topological polar surface area (TPSA) is 81.4 Å². The average molecular weight is 514 g/mol. The maximum Gasteiger partial charge on any atom is 0.250 e. The van der Waals surface area contributed by atoms with Crippen LogP contribution in [-0.2, 0) is 10.2 Å². The van der Waals surface area contributed by atoms with Crippen LogP contribution in [0.4, 0.5) is 0 Å². The number of hydrogen-bond acceptors (Lipinski definition) is 6. The summed E-state index contributed by atoms with van der Waals surface area (Å²) in [7, 11) is 0. The van der Waals surface area contributed by atoms with Crippen LogP contribution in [0.2, 0.25) is 0 Å². The van der Waals surface area contributed by atoms with Gasteiger partial charge in [-0.2, -0.15) is 5.10 Å². The Morgan fingerprint density at radius 1 is 1.00 bits per heavy atom. The molecule has 4 rings (SSSR count). The summed E-state index contributed by atoms with van der Waals surface area (Å²) in [5.41, 5.74) is 6.57. The van der Waals surface area contributed by atoms with Crippen molar-refractivity contribution in [3.8, 4) is 22.8 Å². The number of nitrogens with zero attached hydrogens (tertiary/aromatic N) is 4. The van der Waals surface area contributed by atoms with Crippen LogP contribution >= 0.6 is 11.8 Å². The number of hydrazone groups is 1. The Bertz CT molecular complexity index is 1360. The molecular weight excluding hydrogens is 482 g/mol. The number of carbonyl (C=O) groups is 1. The third-order valence-corrected chi connectivity index (χ3v) is 6.53. The Labute approximate surface area is 222 Å². The summed E-state index contributed by atoms with van der Waals surface area (Å²) >= 11 is 1.31. The number of amides is 1. The van der Waals surface area contributed by atoms with Crippen molar-refractivity contribution in [3.63, 3.8) is 0 Å². The molecule has 4 aromatic rings. The molecule has 0 bridgehead atoms. The summed E-state index contributed by atoms with van der Waals surface area (Å²) in [5.74, 6) is 1.34. The van der Waals surface area contributed by atoms with E-state index in [4.69, 9.17) is 4.74 Å². The second kappa shape index (κ2) is 11.9. The van der Waals surface area contributed by atoms with Crippen LogP contribution in [0.1, 0.15) is 38.8 Å². The van der Waals surface area contributed by atoms with Crippen molar-refractivity contribution in [1.82, 2.24) is 20.2 Å². The first-order chi connectivity index (χ1) is 17.9. The minimum absolute atomic E-state index is 0.0631. The van der Waals surface area contributed by atoms with E-state index in [0.29, 0.717) is 11.8 Å². The molecule has 7 nitrogen and oxygen atoms in total. The summed E-state index contributed by atoms with van der Waals surface area (Å²) < 4.78 is 7.57. The Balaban J connectivity index is 1.50. The molecule has 0 aliphatic carbocycles. The number of carbonyl (C=O) groups excluding carboxylic acids is 1. The summed E-state index contributed by atoms with van der Waals surface area (Å²) in [6.07, 6.45) is 1.58. The molecule has 1 N–H and O–H groups in total. The van der Waals surface area contributed by atoms with Gasteiger partial charge in [-0.1, -0.05) is 87.1 Å². The van der Waals surface area contributed by atoms with Gasteiger partial charge in [0.25, 0.3) is 5.91 Å². The van der Waals surface area contributed by atoms with E-state index in [1.807, 2.05) is 66.1 Å². The molecule has 3 aromatic carbocycles. The third kappa shape index (κ3) is 6.65. The molecule has 0 saturated carbocycles. The van der Waals surface area contributed by atoms with Crippen LogP contribution in [0, 0.1) is 0 Å². The molecule has 0 aliphatic rings. The smallest absolute Gasteiger partial charge is 0.250 e. The van der Waals surface area contributed by atoms with E-state index in [2.05, 4.69) is 65.8 Å². The first-order valence-electron chi connectivity index (χ1n) is 12.1. The largest absolute Gasteiger partial charge is 0.493 e. The Morgan fingerprint density at radius 2 is 1.70 bits per heavy atom. The molecule has 8 heteroatoms. The molecule has 190 valence electrons. The van der Waals surface area contributed by atoms with Crippen molar-refractivity contribution in [1.29, 1.82) is 0 Å². The van der Waals surface area contributed by atoms with Gasteiger partial charge in [-0.25, -0.2) is 5.43 Å². The Morgan fingerprint density at radius 3 is 2.41 bits per heavy atom. The first kappa shape index (κ1) is 26.2. The maximum atomic E-state index is 12.5. The number of nitrogens with one attached hydrogen (secondary N) is 1. The molecule has 0 unspecified atom stereocenters. The number of ether oxygens (including phenoxy) is 1. The second-order valence-corrected chi connectivity index (χ2v) is 10.3. The maximum absolute atomic E-state index is 12.5. The number of benzene rings is 3.